The van der Waals surface area contributed by atoms with Crippen LogP contribution in [-0.4, -0.2) is 37.4 Å². The fraction of sp³-hybridized carbons (Fsp3) is 0.727. The maximum atomic E-state index is 11.3. The first-order valence-electron chi connectivity index (χ1n) is 5.41. The average Bonchev–Trinajstić information content (AvgIpc) is 2.23. The van der Waals surface area contributed by atoms with Gasteiger partial charge in [-0.3, -0.25) is 14.6 Å². The molecule has 0 spiro atoms. The lowest BCUT2D eigenvalue weighted by molar-refractivity contribution is -0.143. The molecular weight excluding hydrogens is 210 g/mol. The summed E-state index contributed by atoms with van der Waals surface area (Å²) in [7, 11) is 0. The Labute approximate surface area is 95.8 Å². The third-order valence-corrected chi connectivity index (χ3v) is 1.64. The van der Waals surface area contributed by atoms with Gasteiger partial charge in [0.15, 0.2) is 0 Å². The molecule has 0 aliphatic carbocycles. The molecule has 0 unspecified atom stereocenters. The van der Waals surface area contributed by atoms with Crippen LogP contribution in [0.15, 0.2) is 4.99 Å². The SMILES string of the molecule is CCCOC(=O)CC(COC(C)=O)=NCC. The third kappa shape index (κ3) is 7.96. The molecule has 0 saturated heterocycles. The minimum Gasteiger partial charge on any atom is -0.465 e. The molecule has 5 nitrogen and oxygen atoms in total. The van der Waals surface area contributed by atoms with E-state index in [-0.39, 0.29) is 25.0 Å². The number of aliphatic imine (C=N–C) groups is 1. The van der Waals surface area contributed by atoms with Gasteiger partial charge in [-0.25, -0.2) is 0 Å². The van der Waals surface area contributed by atoms with Gasteiger partial charge in [0.05, 0.1) is 18.7 Å². The minimum atomic E-state index is -0.384. The summed E-state index contributed by atoms with van der Waals surface area (Å²) < 4.78 is 9.70. The van der Waals surface area contributed by atoms with Crippen molar-refractivity contribution in [3.05, 3.63) is 0 Å². The maximum Gasteiger partial charge on any atom is 0.311 e. The summed E-state index contributed by atoms with van der Waals surface area (Å²) in [6.07, 6.45) is 0.872. The Morgan fingerprint density at radius 3 is 2.38 bits per heavy atom. The monoisotopic (exact) mass is 229 g/mol. The molecule has 0 radical (unpaired) electrons. The molecule has 0 heterocycles. The summed E-state index contributed by atoms with van der Waals surface area (Å²) in [5.41, 5.74) is 0.541. The average molecular weight is 229 g/mol. The van der Waals surface area contributed by atoms with Crippen LogP contribution in [0.4, 0.5) is 0 Å². The lowest BCUT2D eigenvalue weighted by Crippen LogP contribution is -2.18. The molecule has 0 bridgehead atoms. The number of carbonyl (C=O) groups is 2. The Morgan fingerprint density at radius 2 is 1.88 bits per heavy atom. The quantitative estimate of drug-likeness (QED) is 0.488. The van der Waals surface area contributed by atoms with Crippen LogP contribution in [-0.2, 0) is 19.1 Å². The van der Waals surface area contributed by atoms with Crippen LogP contribution >= 0.6 is 0 Å². The first-order chi connectivity index (χ1) is 7.60. The standard InChI is InChI=1S/C11H19NO4/c1-4-6-15-11(14)7-10(12-5-2)8-16-9(3)13/h4-8H2,1-3H3. The smallest absolute Gasteiger partial charge is 0.311 e. The molecule has 0 atom stereocenters. The van der Waals surface area contributed by atoms with Crippen molar-refractivity contribution in [1.29, 1.82) is 0 Å². The van der Waals surface area contributed by atoms with Crippen molar-refractivity contribution >= 4 is 17.7 Å². The number of carbonyl (C=O) groups excluding carboxylic acids is 2. The highest BCUT2D eigenvalue weighted by atomic mass is 16.5. The van der Waals surface area contributed by atoms with Gasteiger partial charge in [-0.05, 0) is 13.3 Å². The number of rotatable bonds is 7. The second-order valence-electron chi connectivity index (χ2n) is 3.22. The molecule has 16 heavy (non-hydrogen) atoms. The summed E-state index contributed by atoms with van der Waals surface area (Å²) in [6, 6.07) is 0. The third-order valence-electron chi connectivity index (χ3n) is 1.64. The zero-order valence-corrected chi connectivity index (χ0v) is 10.1. The maximum absolute atomic E-state index is 11.3. The molecular formula is C11H19NO4. The molecule has 0 fully saturated rings. The van der Waals surface area contributed by atoms with Crippen LogP contribution in [0.1, 0.15) is 33.6 Å². The van der Waals surface area contributed by atoms with Gasteiger partial charge in [-0.1, -0.05) is 6.92 Å². The van der Waals surface area contributed by atoms with E-state index in [0.717, 1.165) is 6.42 Å². The Kier molecular flexibility index (Phi) is 8.11. The van der Waals surface area contributed by atoms with Crippen LogP contribution in [0.2, 0.25) is 0 Å². The van der Waals surface area contributed by atoms with E-state index in [0.29, 0.717) is 18.9 Å². The van der Waals surface area contributed by atoms with E-state index in [1.807, 2.05) is 13.8 Å². The van der Waals surface area contributed by atoms with Crippen LogP contribution in [0.5, 0.6) is 0 Å². The number of esters is 2. The normalized spacial score (nSPS) is 11.1. The Hall–Kier alpha value is -1.39. The topological polar surface area (TPSA) is 65.0 Å². The summed E-state index contributed by atoms with van der Waals surface area (Å²) >= 11 is 0. The molecule has 0 aliphatic heterocycles. The first kappa shape index (κ1) is 14.6. The zero-order valence-electron chi connectivity index (χ0n) is 10.1. The van der Waals surface area contributed by atoms with Gasteiger partial charge in [-0.2, -0.15) is 0 Å². The van der Waals surface area contributed by atoms with E-state index >= 15 is 0 Å². The number of hydrogen-bond acceptors (Lipinski definition) is 5. The fourth-order valence-electron chi connectivity index (χ4n) is 0.995. The van der Waals surface area contributed by atoms with Gasteiger partial charge >= 0.3 is 11.9 Å². The fourth-order valence-corrected chi connectivity index (χ4v) is 0.995. The summed E-state index contributed by atoms with van der Waals surface area (Å²) in [5.74, 6) is -0.716. The molecule has 0 amide bonds. The lowest BCUT2D eigenvalue weighted by Gasteiger charge is -2.06. The van der Waals surface area contributed by atoms with Crippen molar-refractivity contribution in [3.8, 4) is 0 Å². The van der Waals surface area contributed by atoms with Crippen LogP contribution < -0.4 is 0 Å². The van der Waals surface area contributed by atoms with Gasteiger partial charge in [0.2, 0.25) is 0 Å². The van der Waals surface area contributed by atoms with Crippen molar-refractivity contribution in [2.75, 3.05) is 19.8 Å². The number of ether oxygens (including phenoxy) is 2. The second kappa shape index (κ2) is 8.88. The van der Waals surface area contributed by atoms with Crippen molar-refractivity contribution in [2.45, 2.75) is 33.6 Å². The van der Waals surface area contributed by atoms with Crippen molar-refractivity contribution < 1.29 is 19.1 Å². The summed E-state index contributed by atoms with van der Waals surface area (Å²) in [6.45, 7) is 6.12. The number of hydrogen-bond donors (Lipinski definition) is 0. The van der Waals surface area contributed by atoms with Crippen molar-refractivity contribution in [3.63, 3.8) is 0 Å². The Balaban J connectivity index is 4.07. The predicted octanol–water partition coefficient (Wildman–Crippen LogP) is 1.35. The highest BCUT2D eigenvalue weighted by molar-refractivity contribution is 6.00. The van der Waals surface area contributed by atoms with E-state index in [1.165, 1.54) is 6.92 Å². The predicted molar refractivity (Wildman–Crippen MR) is 60.5 cm³/mol. The van der Waals surface area contributed by atoms with Gasteiger partial charge in [-0.15, -0.1) is 0 Å². The van der Waals surface area contributed by atoms with Crippen molar-refractivity contribution in [2.24, 2.45) is 4.99 Å². The van der Waals surface area contributed by atoms with Crippen LogP contribution in [0, 0.1) is 0 Å². The van der Waals surface area contributed by atoms with Crippen molar-refractivity contribution in [1.82, 2.24) is 0 Å². The number of nitrogens with zero attached hydrogens (tertiary/aromatic N) is 1. The van der Waals surface area contributed by atoms with E-state index in [9.17, 15) is 9.59 Å². The molecule has 0 rings (SSSR count). The van der Waals surface area contributed by atoms with Gasteiger partial charge in [0.1, 0.15) is 6.61 Å². The Morgan fingerprint density at radius 1 is 1.19 bits per heavy atom. The molecule has 0 aromatic carbocycles. The highest BCUT2D eigenvalue weighted by Gasteiger charge is 2.09. The van der Waals surface area contributed by atoms with Gasteiger partial charge < -0.3 is 9.47 Å². The molecule has 0 aromatic rings. The Bertz CT molecular complexity index is 261. The molecule has 0 aliphatic rings. The van der Waals surface area contributed by atoms with E-state index in [1.54, 1.807) is 0 Å². The molecule has 0 N–H and O–H groups in total. The minimum absolute atomic E-state index is 0.0599. The highest BCUT2D eigenvalue weighted by Crippen LogP contribution is 1.95. The van der Waals surface area contributed by atoms with Gasteiger partial charge in [0.25, 0.3) is 0 Å². The summed E-state index contributed by atoms with van der Waals surface area (Å²) in [5, 5.41) is 0. The van der Waals surface area contributed by atoms with E-state index in [4.69, 9.17) is 9.47 Å². The van der Waals surface area contributed by atoms with Crippen LogP contribution in [0.25, 0.3) is 0 Å². The molecule has 92 valence electrons. The second-order valence-corrected chi connectivity index (χ2v) is 3.22. The van der Waals surface area contributed by atoms with Gasteiger partial charge in [0, 0.05) is 13.5 Å². The summed E-state index contributed by atoms with van der Waals surface area (Å²) in [4.78, 5) is 26.0. The van der Waals surface area contributed by atoms with E-state index in [2.05, 4.69) is 4.99 Å². The lowest BCUT2D eigenvalue weighted by atomic mass is 10.3. The van der Waals surface area contributed by atoms with Crippen LogP contribution in [0.3, 0.4) is 0 Å². The van der Waals surface area contributed by atoms with E-state index < -0.39 is 0 Å². The molecule has 0 aromatic heterocycles. The first-order valence-corrected chi connectivity index (χ1v) is 5.41. The molecule has 5 heteroatoms. The largest absolute Gasteiger partial charge is 0.465 e. The zero-order chi connectivity index (χ0) is 12.4. The molecule has 0 saturated carbocycles.